The van der Waals surface area contributed by atoms with Crippen molar-refractivity contribution in [2.45, 2.75) is 24.8 Å². The number of nitrogens with zero attached hydrogens (tertiary/aromatic N) is 3. The fourth-order valence-corrected chi connectivity index (χ4v) is 4.22. The van der Waals surface area contributed by atoms with E-state index in [1.54, 1.807) is 44.5 Å². The van der Waals surface area contributed by atoms with Crippen molar-refractivity contribution in [1.29, 1.82) is 0 Å². The molecule has 0 aliphatic heterocycles. The number of aromatic nitrogens is 2. The van der Waals surface area contributed by atoms with Crippen LogP contribution in [-0.2, 0) is 14.5 Å². The smallest absolute Gasteiger partial charge is 0.442 e. The second-order valence-electron chi connectivity index (χ2n) is 7.66. The number of ether oxygens (including phenoxy) is 2. The molecule has 10 nitrogen and oxygen atoms in total. The summed E-state index contributed by atoms with van der Waals surface area (Å²) in [7, 11) is -1.40. The maximum atomic E-state index is 13.0. The lowest BCUT2D eigenvalue weighted by molar-refractivity contribution is 0.164. The van der Waals surface area contributed by atoms with E-state index >= 15 is 0 Å². The van der Waals surface area contributed by atoms with Crippen molar-refractivity contribution in [2.24, 2.45) is 4.36 Å². The highest BCUT2D eigenvalue weighted by atomic mass is 32.2. The van der Waals surface area contributed by atoms with Gasteiger partial charge in [0, 0.05) is 34.6 Å². The summed E-state index contributed by atoms with van der Waals surface area (Å²) in [5, 5.41) is 15.8. The number of amides is 1. The molecule has 3 N–H and O–H groups in total. The Kier molecular flexibility index (Phi) is 8.61. The Morgan fingerprint density at radius 3 is 2.63 bits per heavy atom. The van der Waals surface area contributed by atoms with Crippen molar-refractivity contribution in [3.05, 3.63) is 54.7 Å². The van der Waals surface area contributed by atoms with Crippen molar-refractivity contribution >= 4 is 33.3 Å². The predicted molar refractivity (Wildman–Crippen MR) is 136 cm³/mol. The molecule has 1 heterocycles. The molecule has 0 fully saturated rings. The molecule has 0 radical (unpaired) electrons. The Hall–Kier alpha value is -3.70. The van der Waals surface area contributed by atoms with Crippen LogP contribution in [0.1, 0.15) is 13.8 Å². The minimum Gasteiger partial charge on any atom is -0.497 e. The summed E-state index contributed by atoms with van der Waals surface area (Å²) in [5.74, 6) is 1.55. The Labute approximate surface area is 204 Å². The van der Waals surface area contributed by atoms with Crippen LogP contribution in [-0.4, -0.2) is 58.0 Å². The summed E-state index contributed by atoms with van der Waals surface area (Å²) in [5.41, 5.74) is 2.19. The zero-order valence-corrected chi connectivity index (χ0v) is 20.8. The average Bonchev–Trinajstić information content (AvgIpc) is 2.84. The van der Waals surface area contributed by atoms with Gasteiger partial charge in [0.1, 0.15) is 11.6 Å². The van der Waals surface area contributed by atoms with Crippen molar-refractivity contribution < 1.29 is 23.6 Å². The minimum absolute atomic E-state index is 0.0777. The van der Waals surface area contributed by atoms with Crippen LogP contribution in [0.2, 0.25) is 0 Å². The van der Waals surface area contributed by atoms with Crippen LogP contribution >= 0.6 is 0 Å². The SMILES string of the molecule is CCOC(=O)N=S(C)(=O)c1cccc(Nc2ncc(-c3ccc(OC)cc3)c(N[C@H](C)CO)n2)c1. The lowest BCUT2D eigenvalue weighted by Crippen LogP contribution is -2.21. The molecule has 186 valence electrons. The van der Waals surface area contributed by atoms with Crippen molar-refractivity contribution in [2.75, 3.05) is 37.2 Å². The molecule has 2 aromatic carbocycles. The van der Waals surface area contributed by atoms with Gasteiger partial charge in [0.25, 0.3) is 0 Å². The molecular weight excluding hydrogens is 470 g/mol. The predicted octanol–water partition coefficient (Wildman–Crippen LogP) is 4.30. The molecule has 3 rings (SSSR count). The Morgan fingerprint density at radius 1 is 1.23 bits per heavy atom. The van der Waals surface area contributed by atoms with Gasteiger partial charge in [-0.05, 0) is 49.7 Å². The van der Waals surface area contributed by atoms with Crippen molar-refractivity contribution in [3.8, 4) is 16.9 Å². The average molecular weight is 500 g/mol. The quantitative estimate of drug-likeness (QED) is 0.394. The monoisotopic (exact) mass is 499 g/mol. The first-order chi connectivity index (χ1) is 16.7. The summed E-state index contributed by atoms with van der Waals surface area (Å²) >= 11 is 0. The third-order valence-electron chi connectivity index (χ3n) is 4.89. The van der Waals surface area contributed by atoms with Gasteiger partial charge in [-0.3, -0.25) is 0 Å². The molecule has 0 aliphatic rings. The first kappa shape index (κ1) is 25.9. The maximum Gasteiger partial charge on any atom is 0.442 e. The molecule has 11 heteroatoms. The highest BCUT2D eigenvalue weighted by Crippen LogP contribution is 2.29. The second-order valence-corrected chi connectivity index (χ2v) is 9.92. The molecule has 0 aliphatic carbocycles. The standard InChI is InChI=1S/C24H29N5O5S/c1-5-34-24(31)29-35(4,32)20-8-6-7-18(13-20)27-23-25-14-21(22(28-23)26-16(2)15-30)17-9-11-19(33-3)12-10-17/h6-14,16,30H,5,15H2,1-4H3,(H2,25,26,27,28)/t16-,35?/m1/s1. The van der Waals surface area contributed by atoms with Gasteiger partial charge in [-0.1, -0.05) is 18.2 Å². The lowest BCUT2D eigenvalue weighted by atomic mass is 10.1. The molecule has 0 saturated carbocycles. The number of carbonyl (C=O) groups is 1. The van der Waals surface area contributed by atoms with Crippen molar-refractivity contribution in [3.63, 3.8) is 0 Å². The van der Waals surface area contributed by atoms with Crippen LogP contribution in [0.5, 0.6) is 5.75 Å². The summed E-state index contributed by atoms with van der Waals surface area (Å²) < 4.78 is 26.7. The molecule has 0 saturated heterocycles. The van der Waals surface area contributed by atoms with E-state index in [9.17, 15) is 14.1 Å². The van der Waals surface area contributed by atoms with Gasteiger partial charge < -0.3 is 25.2 Å². The Morgan fingerprint density at radius 2 is 1.97 bits per heavy atom. The summed E-state index contributed by atoms with van der Waals surface area (Å²) in [4.78, 5) is 21.1. The van der Waals surface area contributed by atoms with Gasteiger partial charge in [-0.2, -0.15) is 4.98 Å². The molecule has 35 heavy (non-hydrogen) atoms. The largest absolute Gasteiger partial charge is 0.497 e. The number of rotatable bonds is 9. The highest BCUT2D eigenvalue weighted by molar-refractivity contribution is 7.93. The molecule has 0 bridgehead atoms. The van der Waals surface area contributed by atoms with Crippen LogP contribution in [0.25, 0.3) is 11.1 Å². The van der Waals surface area contributed by atoms with Crippen LogP contribution in [0.4, 0.5) is 22.2 Å². The third-order valence-corrected chi connectivity index (χ3v) is 6.52. The molecular formula is C24H29N5O5S. The van der Waals surface area contributed by atoms with Gasteiger partial charge in [0.15, 0.2) is 0 Å². The van der Waals surface area contributed by atoms with Crippen LogP contribution < -0.4 is 15.4 Å². The van der Waals surface area contributed by atoms with E-state index in [1.165, 1.54) is 6.26 Å². The number of aliphatic hydroxyl groups is 1. The van der Waals surface area contributed by atoms with E-state index in [2.05, 4.69) is 25.0 Å². The number of hydrogen-bond acceptors (Lipinski definition) is 9. The molecule has 2 atom stereocenters. The van der Waals surface area contributed by atoms with Gasteiger partial charge in [-0.15, -0.1) is 4.36 Å². The fourth-order valence-electron chi connectivity index (χ4n) is 3.10. The zero-order valence-electron chi connectivity index (χ0n) is 20.0. The topological polar surface area (TPSA) is 135 Å². The second kappa shape index (κ2) is 11.6. The minimum atomic E-state index is -3.00. The zero-order chi connectivity index (χ0) is 25.4. The number of nitrogens with one attached hydrogen (secondary N) is 2. The van der Waals surface area contributed by atoms with Crippen LogP contribution in [0.15, 0.2) is 64.0 Å². The van der Waals surface area contributed by atoms with Gasteiger partial charge >= 0.3 is 6.09 Å². The molecule has 1 aromatic heterocycles. The fraction of sp³-hybridized carbons (Fsp3) is 0.292. The summed E-state index contributed by atoms with van der Waals surface area (Å²) in [6.45, 7) is 3.56. The van der Waals surface area contributed by atoms with Crippen LogP contribution in [0, 0.1) is 0 Å². The first-order valence-corrected chi connectivity index (χ1v) is 12.8. The maximum absolute atomic E-state index is 13.0. The van der Waals surface area contributed by atoms with Crippen molar-refractivity contribution in [1.82, 2.24) is 9.97 Å². The first-order valence-electron chi connectivity index (χ1n) is 10.9. The van der Waals surface area contributed by atoms with Crippen LogP contribution in [0.3, 0.4) is 0 Å². The van der Waals surface area contributed by atoms with E-state index < -0.39 is 15.8 Å². The molecule has 1 unspecified atom stereocenters. The number of anilines is 3. The Balaban J connectivity index is 1.93. The number of hydrogen-bond donors (Lipinski definition) is 3. The molecule has 0 spiro atoms. The van der Waals surface area contributed by atoms with E-state index in [0.29, 0.717) is 16.4 Å². The highest BCUT2D eigenvalue weighted by Gasteiger charge is 2.14. The van der Waals surface area contributed by atoms with E-state index in [0.717, 1.165) is 16.9 Å². The number of benzene rings is 2. The number of methoxy groups -OCH3 is 1. The van der Waals surface area contributed by atoms with Gasteiger partial charge in [0.05, 0.1) is 30.1 Å². The molecule has 3 aromatic rings. The van der Waals surface area contributed by atoms with Gasteiger partial charge in [-0.25, -0.2) is 14.0 Å². The number of aliphatic hydroxyl groups excluding tert-OH is 1. The lowest BCUT2D eigenvalue weighted by Gasteiger charge is -2.17. The van der Waals surface area contributed by atoms with E-state index in [4.69, 9.17) is 9.47 Å². The summed E-state index contributed by atoms with van der Waals surface area (Å²) in [6.07, 6.45) is 2.18. The van der Waals surface area contributed by atoms with E-state index in [1.807, 2.05) is 31.2 Å². The number of carbonyl (C=O) groups excluding carboxylic acids is 1. The third kappa shape index (κ3) is 6.90. The van der Waals surface area contributed by atoms with E-state index in [-0.39, 0.29) is 25.2 Å². The molecule has 1 amide bonds. The van der Waals surface area contributed by atoms with Gasteiger partial charge in [0.2, 0.25) is 5.95 Å². The summed E-state index contributed by atoms with van der Waals surface area (Å²) in [6, 6.07) is 13.9. The Bertz CT molecular complexity index is 1290. The normalized spacial score (nSPS) is 13.3.